The van der Waals surface area contributed by atoms with Gasteiger partial charge in [0.15, 0.2) is 0 Å². The van der Waals surface area contributed by atoms with E-state index in [9.17, 15) is 9.59 Å². The van der Waals surface area contributed by atoms with Crippen molar-refractivity contribution in [2.24, 2.45) is 0 Å². The van der Waals surface area contributed by atoms with Crippen molar-refractivity contribution in [1.82, 2.24) is 0 Å². The highest BCUT2D eigenvalue weighted by Crippen LogP contribution is 2.13. The minimum absolute atomic E-state index is 0.0611. The summed E-state index contributed by atoms with van der Waals surface area (Å²) in [5.41, 5.74) is 3.99. The molecule has 4 heteroatoms. The normalized spacial score (nSPS) is 10.3. The molecule has 2 amide bonds. The van der Waals surface area contributed by atoms with Crippen LogP contribution in [0.2, 0.25) is 0 Å². The Balaban J connectivity index is 1.73. The van der Waals surface area contributed by atoms with Crippen molar-refractivity contribution in [2.75, 3.05) is 10.6 Å². The van der Waals surface area contributed by atoms with E-state index in [1.54, 1.807) is 0 Å². The third-order valence-corrected chi connectivity index (χ3v) is 4.05. The molecule has 0 aliphatic heterocycles. The zero-order chi connectivity index (χ0) is 18.1. The van der Waals surface area contributed by atoms with Gasteiger partial charge in [-0.15, -0.1) is 0 Å². The molecule has 0 bridgehead atoms. The van der Waals surface area contributed by atoms with Crippen LogP contribution in [-0.2, 0) is 22.4 Å². The summed E-state index contributed by atoms with van der Waals surface area (Å²) >= 11 is 0. The quantitative estimate of drug-likeness (QED) is 0.741. The van der Waals surface area contributed by atoms with Crippen LogP contribution in [0.5, 0.6) is 0 Å². The number of hydrogen-bond donors (Lipinski definition) is 2. The molecule has 0 heterocycles. The molecule has 2 aromatic carbocycles. The molecule has 0 aliphatic carbocycles. The average molecular weight is 338 g/mol. The molecular formula is C21H26N2O2. The van der Waals surface area contributed by atoms with Crippen molar-refractivity contribution in [2.45, 2.75) is 46.0 Å². The largest absolute Gasteiger partial charge is 0.326 e. The Kier molecular flexibility index (Phi) is 7.20. The van der Waals surface area contributed by atoms with Crippen LogP contribution in [0, 0.1) is 0 Å². The van der Waals surface area contributed by atoms with E-state index < -0.39 is 0 Å². The van der Waals surface area contributed by atoms with E-state index in [1.165, 1.54) is 11.1 Å². The van der Waals surface area contributed by atoms with Crippen molar-refractivity contribution >= 4 is 23.2 Å². The topological polar surface area (TPSA) is 58.2 Å². The maximum absolute atomic E-state index is 12.0. The second kappa shape index (κ2) is 9.62. The Morgan fingerprint density at radius 2 is 1.20 bits per heavy atom. The fourth-order valence-electron chi connectivity index (χ4n) is 2.59. The molecule has 2 aromatic rings. The molecule has 0 aromatic heterocycles. The van der Waals surface area contributed by atoms with Crippen molar-refractivity contribution in [3.8, 4) is 0 Å². The first-order valence-electron chi connectivity index (χ1n) is 8.88. The Morgan fingerprint density at radius 3 is 1.60 bits per heavy atom. The zero-order valence-electron chi connectivity index (χ0n) is 15.0. The second-order valence-corrected chi connectivity index (χ2v) is 6.06. The van der Waals surface area contributed by atoms with E-state index in [-0.39, 0.29) is 11.8 Å². The monoisotopic (exact) mass is 338 g/mol. The van der Waals surface area contributed by atoms with Gasteiger partial charge in [-0.2, -0.15) is 0 Å². The van der Waals surface area contributed by atoms with Crippen LogP contribution in [0.15, 0.2) is 48.5 Å². The number of carbonyl (C=O) groups excluding carboxylic acids is 2. The summed E-state index contributed by atoms with van der Waals surface area (Å²) in [6, 6.07) is 15.7. The van der Waals surface area contributed by atoms with Gasteiger partial charge in [-0.05, 0) is 54.7 Å². The van der Waals surface area contributed by atoms with Crippen LogP contribution < -0.4 is 10.6 Å². The minimum atomic E-state index is -0.0611. The SMILES string of the molecule is CCc1cccc(NC(=O)CCCC(=O)Nc2cccc(CC)c2)c1. The highest BCUT2D eigenvalue weighted by atomic mass is 16.2. The highest BCUT2D eigenvalue weighted by Gasteiger charge is 2.07. The van der Waals surface area contributed by atoms with Crippen LogP contribution in [-0.4, -0.2) is 11.8 Å². The molecule has 0 saturated carbocycles. The zero-order valence-corrected chi connectivity index (χ0v) is 15.0. The highest BCUT2D eigenvalue weighted by molar-refractivity contribution is 5.93. The molecule has 0 atom stereocenters. The number of hydrogen-bond acceptors (Lipinski definition) is 2. The molecule has 132 valence electrons. The lowest BCUT2D eigenvalue weighted by Crippen LogP contribution is -2.15. The molecule has 25 heavy (non-hydrogen) atoms. The fraction of sp³-hybridized carbons (Fsp3) is 0.333. The number of carbonyl (C=O) groups is 2. The summed E-state index contributed by atoms with van der Waals surface area (Å²) < 4.78 is 0. The molecule has 0 fully saturated rings. The molecule has 0 aliphatic rings. The van der Waals surface area contributed by atoms with Crippen molar-refractivity contribution < 1.29 is 9.59 Å². The molecule has 2 N–H and O–H groups in total. The molecular weight excluding hydrogens is 312 g/mol. The van der Waals surface area contributed by atoms with E-state index in [2.05, 4.69) is 24.5 Å². The van der Waals surface area contributed by atoms with Gasteiger partial charge in [0.1, 0.15) is 0 Å². The first-order valence-corrected chi connectivity index (χ1v) is 8.88. The first-order chi connectivity index (χ1) is 12.1. The Labute approximate surface area is 149 Å². The van der Waals surface area contributed by atoms with Crippen molar-refractivity contribution in [3.05, 3.63) is 59.7 Å². The molecule has 0 saturated heterocycles. The number of anilines is 2. The number of benzene rings is 2. The summed E-state index contributed by atoms with van der Waals surface area (Å²) in [6.07, 6.45) is 3.06. The van der Waals surface area contributed by atoms with E-state index in [1.807, 2.05) is 48.5 Å². The Morgan fingerprint density at radius 1 is 0.760 bits per heavy atom. The summed E-state index contributed by atoms with van der Waals surface area (Å²) in [6.45, 7) is 4.16. The number of rotatable bonds is 8. The van der Waals surface area contributed by atoms with Gasteiger partial charge in [-0.1, -0.05) is 38.1 Å². The second-order valence-electron chi connectivity index (χ2n) is 6.06. The van der Waals surface area contributed by atoms with E-state index >= 15 is 0 Å². The Hall–Kier alpha value is -2.62. The maximum Gasteiger partial charge on any atom is 0.224 e. The summed E-state index contributed by atoms with van der Waals surface area (Å²) in [5.74, 6) is -0.122. The molecule has 0 spiro atoms. The number of nitrogens with one attached hydrogen (secondary N) is 2. The lowest BCUT2D eigenvalue weighted by molar-refractivity contribution is -0.117. The van der Waals surface area contributed by atoms with Gasteiger partial charge in [0.25, 0.3) is 0 Å². The van der Waals surface area contributed by atoms with Crippen molar-refractivity contribution in [3.63, 3.8) is 0 Å². The molecule has 0 unspecified atom stereocenters. The van der Waals surface area contributed by atoms with Crippen molar-refractivity contribution in [1.29, 1.82) is 0 Å². The lowest BCUT2D eigenvalue weighted by Gasteiger charge is -2.08. The smallest absolute Gasteiger partial charge is 0.224 e. The molecule has 2 rings (SSSR count). The van der Waals surface area contributed by atoms with Crippen LogP contribution in [0.4, 0.5) is 11.4 Å². The number of amides is 2. The van der Waals surface area contributed by atoms with Gasteiger partial charge in [-0.3, -0.25) is 9.59 Å². The molecule has 4 nitrogen and oxygen atoms in total. The van der Waals surface area contributed by atoms with Crippen LogP contribution in [0.1, 0.15) is 44.2 Å². The fourth-order valence-corrected chi connectivity index (χ4v) is 2.59. The lowest BCUT2D eigenvalue weighted by atomic mass is 10.1. The minimum Gasteiger partial charge on any atom is -0.326 e. The summed E-state index contributed by atoms with van der Waals surface area (Å²) in [4.78, 5) is 24.0. The van der Waals surface area contributed by atoms with Gasteiger partial charge < -0.3 is 10.6 Å². The van der Waals surface area contributed by atoms with Crippen LogP contribution >= 0.6 is 0 Å². The summed E-state index contributed by atoms with van der Waals surface area (Å²) in [5, 5.41) is 5.77. The molecule has 0 radical (unpaired) electrons. The van der Waals surface area contributed by atoms with E-state index in [4.69, 9.17) is 0 Å². The van der Waals surface area contributed by atoms with Gasteiger partial charge in [0.2, 0.25) is 11.8 Å². The summed E-state index contributed by atoms with van der Waals surface area (Å²) in [7, 11) is 0. The van der Waals surface area contributed by atoms with Gasteiger partial charge in [-0.25, -0.2) is 0 Å². The number of aryl methyl sites for hydroxylation is 2. The first kappa shape index (κ1) is 18.7. The van der Waals surface area contributed by atoms with Gasteiger partial charge >= 0.3 is 0 Å². The van der Waals surface area contributed by atoms with Crippen LogP contribution in [0.3, 0.4) is 0 Å². The standard InChI is InChI=1S/C21H26N2O2/c1-3-16-8-5-10-18(14-16)22-20(24)12-7-13-21(25)23-19-11-6-9-17(4-2)15-19/h5-6,8-11,14-15H,3-4,7,12-13H2,1-2H3,(H,22,24)(H,23,25). The Bertz CT molecular complexity index is 664. The maximum atomic E-state index is 12.0. The third-order valence-electron chi connectivity index (χ3n) is 4.05. The average Bonchev–Trinajstić information content (AvgIpc) is 2.62. The van der Waals surface area contributed by atoms with Gasteiger partial charge in [0.05, 0.1) is 0 Å². The predicted octanol–water partition coefficient (Wildman–Crippen LogP) is 4.56. The van der Waals surface area contributed by atoms with E-state index in [0.717, 1.165) is 24.2 Å². The predicted molar refractivity (Wildman–Crippen MR) is 103 cm³/mol. The van der Waals surface area contributed by atoms with Crippen LogP contribution in [0.25, 0.3) is 0 Å². The van der Waals surface area contributed by atoms with E-state index in [0.29, 0.717) is 19.3 Å². The van der Waals surface area contributed by atoms with Gasteiger partial charge in [0, 0.05) is 24.2 Å². The third kappa shape index (κ3) is 6.42.